The van der Waals surface area contributed by atoms with Gasteiger partial charge in [0, 0.05) is 12.7 Å². The SMILES string of the molecule is CNC(=O)c1cc(NC(=O)CC(O)C(C)C)ccc1F. The summed E-state index contributed by atoms with van der Waals surface area (Å²) in [6.07, 6.45) is -0.793. The van der Waals surface area contributed by atoms with Gasteiger partial charge < -0.3 is 15.7 Å². The van der Waals surface area contributed by atoms with Gasteiger partial charge in [0.25, 0.3) is 5.91 Å². The third-order valence-corrected chi connectivity index (χ3v) is 2.89. The lowest BCUT2D eigenvalue weighted by atomic mass is 10.0. The number of hydrogen-bond donors (Lipinski definition) is 3. The molecule has 0 saturated heterocycles. The monoisotopic (exact) mass is 282 g/mol. The van der Waals surface area contributed by atoms with E-state index >= 15 is 0 Å². The number of halogens is 1. The molecule has 0 aromatic heterocycles. The van der Waals surface area contributed by atoms with E-state index in [-0.39, 0.29) is 23.8 Å². The average Bonchev–Trinajstić information content (AvgIpc) is 2.39. The lowest BCUT2D eigenvalue weighted by molar-refractivity contribution is -0.118. The fourth-order valence-electron chi connectivity index (χ4n) is 1.55. The first-order valence-corrected chi connectivity index (χ1v) is 6.34. The molecule has 0 aliphatic rings. The molecule has 1 atom stereocenters. The predicted molar refractivity (Wildman–Crippen MR) is 73.9 cm³/mol. The van der Waals surface area contributed by atoms with Crippen LogP contribution in [0.4, 0.5) is 10.1 Å². The summed E-state index contributed by atoms with van der Waals surface area (Å²) in [4.78, 5) is 23.1. The Morgan fingerprint density at radius 2 is 2.00 bits per heavy atom. The lowest BCUT2D eigenvalue weighted by Gasteiger charge is -2.14. The highest BCUT2D eigenvalue weighted by molar-refractivity contribution is 5.97. The molecule has 5 nitrogen and oxygen atoms in total. The van der Waals surface area contributed by atoms with E-state index in [1.807, 2.05) is 0 Å². The zero-order valence-corrected chi connectivity index (χ0v) is 11.7. The van der Waals surface area contributed by atoms with Crippen molar-refractivity contribution in [1.82, 2.24) is 5.32 Å². The van der Waals surface area contributed by atoms with E-state index < -0.39 is 17.8 Å². The summed E-state index contributed by atoms with van der Waals surface area (Å²) >= 11 is 0. The van der Waals surface area contributed by atoms with E-state index in [1.54, 1.807) is 13.8 Å². The minimum atomic E-state index is -0.742. The Labute approximate surface area is 117 Å². The molecule has 6 heteroatoms. The van der Waals surface area contributed by atoms with Crippen molar-refractivity contribution in [3.05, 3.63) is 29.6 Å². The molecule has 0 radical (unpaired) electrons. The highest BCUT2D eigenvalue weighted by Crippen LogP contribution is 2.16. The quantitative estimate of drug-likeness (QED) is 0.766. The van der Waals surface area contributed by atoms with Crippen LogP contribution in [0.25, 0.3) is 0 Å². The van der Waals surface area contributed by atoms with Crippen LogP contribution in [-0.4, -0.2) is 30.1 Å². The molecular weight excluding hydrogens is 263 g/mol. The fourth-order valence-corrected chi connectivity index (χ4v) is 1.55. The maximum atomic E-state index is 13.4. The minimum Gasteiger partial charge on any atom is -0.392 e. The Morgan fingerprint density at radius 3 is 2.55 bits per heavy atom. The first kappa shape index (κ1) is 16.1. The van der Waals surface area contributed by atoms with Crippen LogP contribution in [-0.2, 0) is 4.79 Å². The zero-order valence-electron chi connectivity index (χ0n) is 11.7. The predicted octanol–water partition coefficient (Wildman–Crippen LogP) is 1.53. The third kappa shape index (κ3) is 4.31. The smallest absolute Gasteiger partial charge is 0.254 e. The molecule has 0 fully saturated rings. The molecule has 0 saturated carbocycles. The first-order valence-electron chi connectivity index (χ1n) is 6.34. The van der Waals surface area contributed by atoms with Crippen LogP contribution >= 0.6 is 0 Å². The average molecular weight is 282 g/mol. The third-order valence-electron chi connectivity index (χ3n) is 2.89. The molecule has 0 spiro atoms. The van der Waals surface area contributed by atoms with Gasteiger partial charge in [-0.2, -0.15) is 0 Å². The number of carbonyl (C=O) groups is 2. The molecule has 1 aromatic rings. The molecular formula is C14H19FN2O3. The molecule has 1 aromatic carbocycles. The van der Waals surface area contributed by atoms with Gasteiger partial charge in [0.15, 0.2) is 0 Å². The molecule has 0 bridgehead atoms. The van der Waals surface area contributed by atoms with Gasteiger partial charge in [-0.15, -0.1) is 0 Å². The summed E-state index contributed by atoms with van der Waals surface area (Å²) in [7, 11) is 1.39. The summed E-state index contributed by atoms with van der Waals surface area (Å²) in [5.41, 5.74) is 0.167. The Bertz CT molecular complexity index is 503. The van der Waals surface area contributed by atoms with Crippen molar-refractivity contribution >= 4 is 17.5 Å². The second kappa shape index (κ2) is 7.00. The molecule has 3 N–H and O–H groups in total. The van der Waals surface area contributed by atoms with Gasteiger partial charge in [-0.3, -0.25) is 9.59 Å². The van der Waals surface area contributed by atoms with Crippen LogP contribution in [0.2, 0.25) is 0 Å². The number of aliphatic hydroxyl groups excluding tert-OH is 1. The zero-order chi connectivity index (χ0) is 15.3. The van der Waals surface area contributed by atoms with Crippen LogP contribution in [0.15, 0.2) is 18.2 Å². The molecule has 20 heavy (non-hydrogen) atoms. The number of benzene rings is 1. The van der Waals surface area contributed by atoms with Gasteiger partial charge in [-0.1, -0.05) is 13.8 Å². The maximum absolute atomic E-state index is 13.4. The number of nitrogens with one attached hydrogen (secondary N) is 2. The topological polar surface area (TPSA) is 78.4 Å². The summed E-state index contributed by atoms with van der Waals surface area (Å²) in [5.74, 6) is -1.65. The van der Waals surface area contributed by atoms with Gasteiger partial charge in [0.05, 0.1) is 18.1 Å². The molecule has 1 rings (SSSR count). The van der Waals surface area contributed by atoms with E-state index in [2.05, 4.69) is 10.6 Å². The summed E-state index contributed by atoms with van der Waals surface area (Å²) in [6.45, 7) is 3.61. The summed E-state index contributed by atoms with van der Waals surface area (Å²) < 4.78 is 13.4. The van der Waals surface area contributed by atoms with Gasteiger partial charge in [0.2, 0.25) is 5.91 Å². The first-order chi connectivity index (χ1) is 9.35. The molecule has 2 amide bonds. The van der Waals surface area contributed by atoms with Crippen molar-refractivity contribution in [3.8, 4) is 0 Å². The summed E-state index contributed by atoms with van der Waals surface area (Å²) in [5, 5.41) is 14.5. The fraction of sp³-hybridized carbons (Fsp3) is 0.429. The van der Waals surface area contributed by atoms with Gasteiger partial charge in [0.1, 0.15) is 5.82 Å². The van der Waals surface area contributed by atoms with Gasteiger partial charge >= 0.3 is 0 Å². The van der Waals surface area contributed by atoms with Crippen LogP contribution in [0, 0.1) is 11.7 Å². The number of aliphatic hydroxyl groups is 1. The Balaban J connectivity index is 2.78. The summed E-state index contributed by atoms with van der Waals surface area (Å²) in [6, 6.07) is 3.73. The molecule has 0 heterocycles. The standard InChI is InChI=1S/C14H19FN2O3/c1-8(2)12(18)7-13(19)17-9-4-5-11(15)10(6-9)14(20)16-3/h4-6,8,12,18H,7H2,1-3H3,(H,16,20)(H,17,19). The van der Waals surface area contributed by atoms with Crippen LogP contribution in [0.5, 0.6) is 0 Å². The van der Waals surface area contributed by atoms with E-state index in [9.17, 15) is 19.1 Å². The van der Waals surface area contributed by atoms with Crippen molar-refractivity contribution in [2.75, 3.05) is 12.4 Å². The van der Waals surface area contributed by atoms with E-state index in [4.69, 9.17) is 0 Å². The second-order valence-electron chi connectivity index (χ2n) is 4.84. The lowest BCUT2D eigenvalue weighted by Crippen LogP contribution is -2.24. The molecule has 0 aliphatic heterocycles. The van der Waals surface area contributed by atoms with Crippen molar-refractivity contribution in [1.29, 1.82) is 0 Å². The molecule has 110 valence electrons. The van der Waals surface area contributed by atoms with Gasteiger partial charge in [-0.25, -0.2) is 4.39 Å². The van der Waals surface area contributed by atoms with Crippen molar-refractivity contribution in [2.45, 2.75) is 26.4 Å². The number of anilines is 1. The van der Waals surface area contributed by atoms with E-state index in [0.29, 0.717) is 5.69 Å². The van der Waals surface area contributed by atoms with Crippen LogP contribution < -0.4 is 10.6 Å². The molecule has 0 aliphatic carbocycles. The maximum Gasteiger partial charge on any atom is 0.254 e. The Morgan fingerprint density at radius 1 is 1.35 bits per heavy atom. The van der Waals surface area contributed by atoms with Gasteiger partial charge in [-0.05, 0) is 24.1 Å². The highest BCUT2D eigenvalue weighted by Gasteiger charge is 2.16. The van der Waals surface area contributed by atoms with Crippen molar-refractivity contribution in [2.24, 2.45) is 5.92 Å². The number of rotatable bonds is 5. The molecule has 1 unspecified atom stereocenters. The van der Waals surface area contributed by atoms with E-state index in [1.165, 1.54) is 19.2 Å². The van der Waals surface area contributed by atoms with Crippen LogP contribution in [0.1, 0.15) is 30.6 Å². The highest BCUT2D eigenvalue weighted by atomic mass is 19.1. The normalized spacial score (nSPS) is 12.1. The largest absolute Gasteiger partial charge is 0.392 e. The number of carbonyl (C=O) groups excluding carboxylic acids is 2. The second-order valence-corrected chi connectivity index (χ2v) is 4.84. The minimum absolute atomic E-state index is 0.0320. The van der Waals surface area contributed by atoms with Crippen molar-refractivity contribution < 1.29 is 19.1 Å². The number of hydrogen-bond acceptors (Lipinski definition) is 3. The van der Waals surface area contributed by atoms with Crippen molar-refractivity contribution in [3.63, 3.8) is 0 Å². The Kier molecular flexibility index (Phi) is 5.64. The van der Waals surface area contributed by atoms with E-state index in [0.717, 1.165) is 6.07 Å². The van der Waals surface area contributed by atoms with Crippen LogP contribution in [0.3, 0.4) is 0 Å². The number of amides is 2. The Hall–Kier alpha value is -1.95.